The van der Waals surface area contributed by atoms with Crippen molar-refractivity contribution >= 4 is 5.91 Å². The normalized spacial score (nSPS) is 15.2. The van der Waals surface area contributed by atoms with Gasteiger partial charge in [0.2, 0.25) is 0 Å². The molecule has 2 aromatic rings. The smallest absolute Gasteiger partial charge is 0.267 e. The van der Waals surface area contributed by atoms with E-state index < -0.39 is 5.91 Å². The fourth-order valence-electron chi connectivity index (χ4n) is 3.45. The predicted octanol–water partition coefficient (Wildman–Crippen LogP) is 2.25. The van der Waals surface area contributed by atoms with Gasteiger partial charge in [0.05, 0.1) is 13.3 Å². The Hall–Kier alpha value is -2.40. The highest BCUT2D eigenvalue weighted by Crippen LogP contribution is 2.36. The average molecular weight is 325 g/mol. The van der Waals surface area contributed by atoms with Gasteiger partial charge < -0.3 is 15.8 Å². The first-order chi connectivity index (χ1) is 11.7. The molecular weight excluding hydrogens is 302 g/mol. The van der Waals surface area contributed by atoms with Crippen LogP contribution in [0.5, 0.6) is 5.75 Å². The number of nitrogens with two attached hydrogens (primary N) is 1. The largest absolute Gasteiger partial charge is 0.495 e. The van der Waals surface area contributed by atoms with Gasteiger partial charge in [0, 0.05) is 12.0 Å². The summed E-state index contributed by atoms with van der Waals surface area (Å²) in [6.45, 7) is 1.87. The van der Waals surface area contributed by atoms with Crippen LogP contribution in [0.15, 0.2) is 36.5 Å². The molecule has 5 nitrogen and oxygen atoms in total. The van der Waals surface area contributed by atoms with Gasteiger partial charge in [0.15, 0.2) is 0 Å². The number of aromatic nitrogens is 1. The number of methoxy groups -OCH3 is 1. The predicted molar refractivity (Wildman–Crippen MR) is 93.4 cm³/mol. The molecule has 1 amide bonds. The minimum Gasteiger partial charge on any atom is -0.495 e. The van der Waals surface area contributed by atoms with Gasteiger partial charge in [-0.2, -0.15) is 0 Å². The SMILES string of the molecule is COc1cnc(C(N)=O)c(C2CCNCC2)c1Cc1ccccc1. The summed E-state index contributed by atoms with van der Waals surface area (Å²) in [5, 5.41) is 3.36. The van der Waals surface area contributed by atoms with E-state index in [4.69, 9.17) is 10.5 Å². The van der Waals surface area contributed by atoms with Gasteiger partial charge in [0.25, 0.3) is 5.91 Å². The minimum atomic E-state index is -0.472. The number of hydrogen-bond donors (Lipinski definition) is 2. The first-order valence-corrected chi connectivity index (χ1v) is 8.31. The molecule has 1 saturated heterocycles. The molecule has 0 aliphatic carbocycles. The molecule has 1 aliphatic rings. The van der Waals surface area contributed by atoms with Gasteiger partial charge in [-0.25, -0.2) is 4.98 Å². The second-order valence-electron chi connectivity index (χ2n) is 6.12. The van der Waals surface area contributed by atoms with Crippen molar-refractivity contribution in [3.05, 3.63) is 58.9 Å². The third-order valence-electron chi connectivity index (χ3n) is 4.61. The van der Waals surface area contributed by atoms with E-state index in [0.717, 1.165) is 42.8 Å². The number of nitrogens with zero attached hydrogens (tertiary/aromatic N) is 1. The average Bonchev–Trinajstić information content (AvgIpc) is 2.62. The first kappa shape index (κ1) is 16.5. The molecule has 0 radical (unpaired) electrons. The molecule has 1 aromatic heterocycles. The number of piperidine rings is 1. The lowest BCUT2D eigenvalue weighted by Gasteiger charge is -2.27. The zero-order chi connectivity index (χ0) is 16.9. The number of ether oxygens (including phenoxy) is 1. The van der Waals surface area contributed by atoms with Crippen LogP contribution in [0.3, 0.4) is 0 Å². The standard InChI is InChI=1S/C19H23N3O2/c1-24-16-12-22-18(19(20)23)17(14-7-9-21-10-8-14)15(16)11-13-5-3-2-4-6-13/h2-6,12,14,21H,7-11H2,1H3,(H2,20,23). The molecule has 0 bridgehead atoms. The number of primary amides is 1. The molecule has 1 aromatic carbocycles. The molecule has 24 heavy (non-hydrogen) atoms. The fraction of sp³-hybridized carbons (Fsp3) is 0.368. The maximum atomic E-state index is 12.0. The highest BCUT2D eigenvalue weighted by atomic mass is 16.5. The van der Waals surface area contributed by atoms with Crippen molar-refractivity contribution in [2.24, 2.45) is 5.73 Å². The van der Waals surface area contributed by atoms with Crippen molar-refractivity contribution in [2.75, 3.05) is 20.2 Å². The summed E-state index contributed by atoms with van der Waals surface area (Å²) in [6.07, 6.45) is 4.25. The highest BCUT2D eigenvalue weighted by Gasteiger charge is 2.27. The van der Waals surface area contributed by atoms with E-state index in [-0.39, 0.29) is 5.92 Å². The first-order valence-electron chi connectivity index (χ1n) is 8.31. The van der Waals surface area contributed by atoms with Crippen LogP contribution in [0.4, 0.5) is 0 Å². The lowest BCUT2D eigenvalue weighted by molar-refractivity contribution is 0.0993. The van der Waals surface area contributed by atoms with Crippen LogP contribution in [0, 0.1) is 0 Å². The number of hydrogen-bond acceptors (Lipinski definition) is 4. The quantitative estimate of drug-likeness (QED) is 0.884. The van der Waals surface area contributed by atoms with Crippen molar-refractivity contribution in [1.29, 1.82) is 0 Å². The summed E-state index contributed by atoms with van der Waals surface area (Å²) in [5.41, 5.74) is 9.17. The zero-order valence-electron chi connectivity index (χ0n) is 13.9. The Balaban J connectivity index is 2.11. The topological polar surface area (TPSA) is 77.2 Å². The van der Waals surface area contributed by atoms with Crippen LogP contribution in [-0.4, -0.2) is 31.1 Å². The molecule has 0 atom stereocenters. The molecule has 3 N–H and O–H groups in total. The van der Waals surface area contributed by atoms with Crippen molar-refractivity contribution in [2.45, 2.75) is 25.2 Å². The maximum Gasteiger partial charge on any atom is 0.267 e. The minimum absolute atomic E-state index is 0.273. The molecule has 0 unspecified atom stereocenters. The van der Waals surface area contributed by atoms with Gasteiger partial charge in [0.1, 0.15) is 11.4 Å². The summed E-state index contributed by atoms with van der Waals surface area (Å²) >= 11 is 0. The number of carbonyl (C=O) groups is 1. The van der Waals surface area contributed by atoms with Gasteiger partial charge in [-0.3, -0.25) is 4.79 Å². The summed E-state index contributed by atoms with van der Waals surface area (Å²) in [4.78, 5) is 16.3. The van der Waals surface area contributed by atoms with Crippen LogP contribution in [0.1, 0.15) is 45.9 Å². The summed E-state index contributed by atoms with van der Waals surface area (Å²) < 4.78 is 5.55. The van der Waals surface area contributed by atoms with Crippen molar-refractivity contribution in [3.63, 3.8) is 0 Å². The van der Waals surface area contributed by atoms with Crippen LogP contribution >= 0.6 is 0 Å². The Morgan fingerprint density at radius 1 is 1.29 bits per heavy atom. The van der Waals surface area contributed by atoms with Crippen LogP contribution in [-0.2, 0) is 6.42 Å². The summed E-state index contributed by atoms with van der Waals surface area (Å²) in [6, 6.07) is 10.2. The van der Waals surface area contributed by atoms with E-state index in [9.17, 15) is 4.79 Å². The third kappa shape index (κ3) is 3.41. The number of rotatable bonds is 5. The molecule has 0 saturated carbocycles. The molecule has 3 rings (SSSR count). The van der Waals surface area contributed by atoms with Gasteiger partial charge in [-0.05, 0) is 43.0 Å². The lowest BCUT2D eigenvalue weighted by Crippen LogP contribution is -2.29. The Morgan fingerprint density at radius 2 is 2.00 bits per heavy atom. The molecule has 1 fully saturated rings. The van der Waals surface area contributed by atoms with Gasteiger partial charge >= 0.3 is 0 Å². The number of nitrogens with one attached hydrogen (secondary N) is 1. The second-order valence-corrected chi connectivity index (χ2v) is 6.12. The summed E-state index contributed by atoms with van der Waals surface area (Å²) in [7, 11) is 1.64. The molecule has 0 spiro atoms. The van der Waals surface area contributed by atoms with E-state index in [2.05, 4.69) is 22.4 Å². The highest BCUT2D eigenvalue weighted by molar-refractivity contribution is 5.93. The van der Waals surface area contributed by atoms with Crippen molar-refractivity contribution in [3.8, 4) is 5.75 Å². The number of carbonyl (C=O) groups excluding carboxylic acids is 1. The summed E-state index contributed by atoms with van der Waals surface area (Å²) in [5.74, 6) is 0.521. The monoisotopic (exact) mass is 325 g/mol. The zero-order valence-corrected chi connectivity index (χ0v) is 13.9. The number of pyridine rings is 1. The van der Waals surface area contributed by atoms with Crippen molar-refractivity contribution in [1.82, 2.24) is 10.3 Å². The van der Waals surface area contributed by atoms with E-state index in [1.54, 1.807) is 13.3 Å². The molecule has 2 heterocycles. The molecular formula is C19H23N3O2. The van der Waals surface area contributed by atoms with E-state index in [1.807, 2.05) is 18.2 Å². The van der Waals surface area contributed by atoms with Gasteiger partial charge in [-0.15, -0.1) is 0 Å². The molecule has 1 aliphatic heterocycles. The number of amides is 1. The Morgan fingerprint density at radius 3 is 2.62 bits per heavy atom. The van der Waals surface area contributed by atoms with Crippen LogP contribution in [0.2, 0.25) is 0 Å². The Kier molecular flexibility index (Phi) is 5.11. The van der Waals surface area contributed by atoms with E-state index in [1.165, 1.54) is 5.56 Å². The third-order valence-corrected chi connectivity index (χ3v) is 4.61. The second kappa shape index (κ2) is 7.45. The molecule has 126 valence electrons. The Labute approximate surface area is 142 Å². The molecule has 5 heteroatoms. The van der Waals surface area contributed by atoms with Crippen LogP contribution < -0.4 is 15.8 Å². The van der Waals surface area contributed by atoms with E-state index >= 15 is 0 Å². The van der Waals surface area contributed by atoms with Crippen LogP contribution in [0.25, 0.3) is 0 Å². The van der Waals surface area contributed by atoms with E-state index in [0.29, 0.717) is 12.1 Å². The fourth-order valence-corrected chi connectivity index (χ4v) is 3.45. The lowest BCUT2D eigenvalue weighted by atomic mass is 9.83. The number of benzene rings is 1. The van der Waals surface area contributed by atoms with Gasteiger partial charge in [-0.1, -0.05) is 30.3 Å². The maximum absolute atomic E-state index is 12.0. The van der Waals surface area contributed by atoms with Crippen molar-refractivity contribution < 1.29 is 9.53 Å². The Bertz CT molecular complexity index is 710.